The molecular weight excluding hydrogens is 182 g/mol. The van der Waals surface area contributed by atoms with Gasteiger partial charge in [-0.15, -0.1) is 0 Å². The maximum Gasteiger partial charge on any atom is 0.00925 e. The molecule has 0 heterocycles. The highest BCUT2D eigenvalue weighted by molar-refractivity contribution is 4.83. The summed E-state index contributed by atoms with van der Waals surface area (Å²) in [6, 6.07) is 0.798. The number of nitrogens with one attached hydrogen (secondary N) is 1. The van der Waals surface area contributed by atoms with E-state index in [1.165, 1.54) is 38.5 Å². The minimum absolute atomic E-state index is 0.798. The zero-order valence-corrected chi connectivity index (χ0v) is 11.1. The molecule has 1 nitrogen and oxygen atoms in total. The highest BCUT2D eigenvalue weighted by Crippen LogP contribution is 2.34. The van der Waals surface area contributed by atoms with Gasteiger partial charge in [0.2, 0.25) is 0 Å². The molecule has 1 fully saturated rings. The van der Waals surface area contributed by atoms with Crippen LogP contribution in [0.2, 0.25) is 0 Å². The van der Waals surface area contributed by atoms with E-state index in [9.17, 15) is 0 Å². The fraction of sp³-hybridized carbons (Fsp3) is 1.00. The first-order chi connectivity index (χ1) is 7.17. The highest BCUT2D eigenvalue weighted by atomic mass is 14.9. The molecule has 0 aromatic heterocycles. The van der Waals surface area contributed by atoms with Crippen LogP contribution >= 0.6 is 0 Å². The number of hydrogen-bond acceptors (Lipinski definition) is 1. The first kappa shape index (κ1) is 13.0. The van der Waals surface area contributed by atoms with Crippen molar-refractivity contribution in [3.8, 4) is 0 Å². The lowest BCUT2D eigenvalue weighted by atomic mass is 9.74. The van der Waals surface area contributed by atoms with Crippen molar-refractivity contribution in [2.45, 2.75) is 65.3 Å². The Morgan fingerprint density at radius 3 is 2.53 bits per heavy atom. The van der Waals surface area contributed by atoms with Gasteiger partial charge >= 0.3 is 0 Å². The van der Waals surface area contributed by atoms with Gasteiger partial charge in [0.25, 0.3) is 0 Å². The summed E-state index contributed by atoms with van der Waals surface area (Å²) in [6.45, 7) is 7.03. The van der Waals surface area contributed by atoms with Crippen molar-refractivity contribution in [2.75, 3.05) is 7.05 Å². The van der Waals surface area contributed by atoms with E-state index in [4.69, 9.17) is 0 Å². The molecule has 0 aromatic carbocycles. The third-order valence-electron chi connectivity index (χ3n) is 4.15. The van der Waals surface area contributed by atoms with E-state index in [1.807, 2.05) is 0 Å². The molecule has 0 amide bonds. The Kier molecular flexibility index (Phi) is 5.66. The molecule has 0 bridgehead atoms. The molecule has 1 heteroatoms. The van der Waals surface area contributed by atoms with Crippen molar-refractivity contribution in [2.24, 2.45) is 17.8 Å². The zero-order valence-electron chi connectivity index (χ0n) is 11.1. The molecule has 1 rings (SSSR count). The minimum Gasteiger partial charge on any atom is -0.317 e. The number of rotatable bonds is 5. The first-order valence-corrected chi connectivity index (χ1v) is 6.84. The minimum atomic E-state index is 0.798. The normalized spacial score (nSPS) is 32.2. The highest BCUT2D eigenvalue weighted by Gasteiger charge is 2.28. The molecule has 3 unspecified atom stereocenters. The second-order valence-electron chi connectivity index (χ2n) is 5.71. The molecule has 0 radical (unpaired) electrons. The maximum absolute atomic E-state index is 3.52. The lowest BCUT2D eigenvalue weighted by molar-refractivity contribution is 0.189. The van der Waals surface area contributed by atoms with Crippen LogP contribution in [0.5, 0.6) is 0 Å². The summed E-state index contributed by atoms with van der Waals surface area (Å²) in [7, 11) is 2.14. The van der Waals surface area contributed by atoms with E-state index < -0.39 is 0 Å². The van der Waals surface area contributed by atoms with Gasteiger partial charge in [-0.05, 0) is 50.5 Å². The average Bonchev–Trinajstić information content (AvgIpc) is 2.25. The maximum atomic E-state index is 3.52. The lowest BCUT2D eigenvalue weighted by Gasteiger charge is -2.36. The van der Waals surface area contributed by atoms with Crippen LogP contribution in [-0.4, -0.2) is 13.1 Å². The first-order valence-electron chi connectivity index (χ1n) is 6.84. The molecule has 0 aromatic rings. The van der Waals surface area contributed by atoms with Crippen LogP contribution in [0.4, 0.5) is 0 Å². The Bertz CT molecular complexity index is 165. The molecule has 90 valence electrons. The molecule has 15 heavy (non-hydrogen) atoms. The fourth-order valence-electron chi connectivity index (χ4n) is 2.98. The smallest absolute Gasteiger partial charge is 0.00925 e. The van der Waals surface area contributed by atoms with E-state index >= 15 is 0 Å². The van der Waals surface area contributed by atoms with Crippen molar-refractivity contribution in [3.63, 3.8) is 0 Å². The van der Waals surface area contributed by atoms with E-state index in [2.05, 4.69) is 33.1 Å². The topological polar surface area (TPSA) is 12.0 Å². The van der Waals surface area contributed by atoms with Crippen molar-refractivity contribution in [1.82, 2.24) is 5.32 Å². The lowest BCUT2D eigenvalue weighted by Crippen LogP contribution is -2.38. The summed E-state index contributed by atoms with van der Waals surface area (Å²) in [4.78, 5) is 0. The molecule has 3 atom stereocenters. The predicted octanol–water partition coefficient (Wildman–Crippen LogP) is 3.84. The molecule has 0 saturated heterocycles. The van der Waals surface area contributed by atoms with Crippen LogP contribution in [0.3, 0.4) is 0 Å². The van der Waals surface area contributed by atoms with Crippen molar-refractivity contribution in [3.05, 3.63) is 0 Å². The van der Waals surface area contributed by atoms with Crippen LogP contribution in [0, 0.1) is 17.8 Å². The van der Waals surface area contributed by atoms with Crippen LogP contribution in [0.1, 0.15) is 59.3 Å². The largest absolute Gasteiger partial charge is 0.317 e. The summed E-state index contributed by atoms with van der Waals surface area (Å²) < 4.78 is 0. The van der Waals surface area contributed by atoms with Gasteiger partial charge in [-0.25, -0.2) is 0 Å². The Balaban J connectivity index is 2.40. The molecule has 1 aliphatic carbocycles. The van der Waals surface area contributed by atoms with Gasteiger partial charge in [0.15, 0.2) is 0 Å². The van der Waals surface area contributed by atoms with Gasteiger partial charge in [0, 0.05) is 6.04 Å². The molecule has 1 saturated carbocycles. The predicted molar refractivity (Wildman–Crippen MR) is 68.0 cm³/mol. The van der Waals surface area contributed by atoms with E-state index in [0.717, 1.165) is 23.8 Å². The van der Waals surface area contributed by atoms with Crippen LogP contribution in [0.25, 0.3) is 0 Å². The van der Waals surface area contributed by atoms with E-state index in [-0.39, 0.29) is 0 Å². The zero-order chi connectivity index (χ0) is 11.3. The quantitative estimate of drug-likeness (QED) is 0.728. The van der Waals surface area contributed by atoms with Gasteiger partial charge in [-0.2, -0.15) is 0 Å². The summed E-state index contributed by atoms with van der Waals surface area (Å²) in [5.41, 5.74) is 0. The Hall–Kier alpha value is -0.0400. The third-order valence-corrected chi connectivity index (χ3v) is 4.15. The van der Waals surface area contributed by atoms with Crippen molar-refractivity contribution in [1.29, 1.82) is 0 Å². The van der Waals surface area contributed by atoms with Crippen LogP contribution < -0.4 is 5.32 Å². The van der Waals surface area contributed by atoms with Crippen LogP contribution in [-0.2, 0) is 0 Å². The van der Waals surface area contributed by atoms with Crippen molar-refractivity contribution >= 4 is 0 Å². The van der Waals surface area contributed by atoms with Gasteiger partial charge in [-0.3, -0.25) is 0 Å². The van der Waals surface area contributed by atoms with Gasteiger partial charge in [0.1, 0.15) is 0 Å². The Labute approximate surface area is 96.0 Å². The standard InChI is InChI=1S/C14H29N/c1-5-12-7-9-14(15-4)13(10-12)8-6-11(2)3/h11-15H,5-10H2,1-4H3. The molecule has 0 spiro atoms. The van der Waals surface area contributed by atoms with E-state index in [1.54, 1.807) is 0 Å². The fourth-order valence-corrected chi connectivity index (χ4v) is 2.98. The van der Waals surface area contributed by atoms with Crippen LogP contribution in [0.15, 0.2) is 0 Å². The molecule has 0 aliphatic heterocycles. The van der Waals surface area contributed by atoms with E-state index in [0.29, 0.717) is 0 Å². The monoisotopic (exact) mass is 211 g/mol. The second kappa shape index (κ2) is 6.52. The average molecular weight is 211 g/mol. The van der Waals surface area contributed by atoms with Crippen molar-refractivity contribution < 1.29 is 0 Å². The van der Waals surface area contributed by atoms with Gasteiger partial charge in [-0.1, -0.05) is 33.6 Å². The molecular formula is C14H29N. The Morgan fingerprint density at radius 2 is 2.00 bits per heavy atom. The third kappa shape index (κ3) is 4.14. The Morgan fingerprint density at radius 1 is 1.27 bits per heavy atom. The van der Waals surface area contributed by atoms with Gasteiger partial charge < -0.3 is 5.32 Å². The summed E-state index contributed by atoms with van der Waals surface area (Å²) in [5.74, 6) is 2.81. The summed E-state index contributed by atoms with van der Waals surface area (Å²) >= 11 is 0. The molecule has 1 aliphatic rings. The van der Waals surface area contributed by atoms with Gasteiger partial charge in [0.05, 0.1) is 0 Å². The SMILES string of the molecule is CCC1CCC(NC)C(CCC(C)C)C1. The summed E-state index contributed by atoms with van der Waals surface area (Å²) in [6.07, 6.45) is 8.53. The molecule has 1 N–H and O–H groups in total. The number of hydrogen-bond donors (Lipinski definition) is 1. The second-order valence-corrected chi connectivity index (χ2v) is 5.71. The summed E-state index contributed by atoms with van der Waals surface area (Å²) in [5, 5.41) is 3.52.